The van der Waals surface area contributed by atoms with Gasteiger partial charge in [0.25, 0.3) is 0 Å². The van der Waals surface area contributed by atoms with Crippen LogP contribution >= 0.6 is 12.6 Å². The van der Waals surface area contributed by atoms with Gasteiger partial charge in [-0.3, -0.25) is 0 Å². The van der Waals surface area contributed by atoms with Crippen LogP contribution < -0.4 is 0 Å². The van der Waals surface area contributed by atoms with Crippen LogP contribution in [0, 0.1) is 22.0 Å². The molecule has 0 aromatic carbocycles. The smallest absolute Gasteiger partial charge is 0.407 e. The maximum atomic E-state index is 10.4. The molecule has 0 atom stereocenters. The SMILES string of the molecule is O=[N+]([O-])c1nc(C#CCCS)ccc1O. The van der Waals surface area contributed by atoms with Gasteiger partial charge in [-0.15, -0.1) is 0 Å². The molecule has 0 aliphatic rings. The van der Waals surface area contributed by atoms with Gasteiger partial charge in [0.1, 0.15) is 0 Å². The van der Waals surface area contributed by atoms with Gasteiger partial charge in [-0.05, 0) is 21.9 Å². The quantitative estimate of drug-likeness (QED) is 0.344. The van der Waals surface area contributed by atoms with Crippen LogP contribution in [0.4, 0.5) is 5.82 Å². The highest BCUT2D eigenvalue weighted by Gasteiger charge is 2.15. The number of thiol groups is 1. The Balaban J connectivity index is 2.99. The molecule has 5 nitrogen and oxygen atoms in total. The zero-order valence-electron chi connectivity index (χ0n) is 7.67. The summed E-state index contributed by atoms with van der Waals surface area (Å²) in [5, 5.41) is 19.5. The van der Waals surface area contributed by atoms with E-state index in [9.17, 15) is 10.1 Å². The van der Waals surface area contributed by atoms with Crippen molar-refractivity contribution in [3.8, 4) is 17.6 Å². The van der Waals surface area contributed by atoms with E-state index >= 15 is 0 Å². The van der Waals surface area contributed by atoms with E-state index in [0.717, 1.165) is 0 Å². The molecule has 0 bridgehead atoms. The standard InChI is InChI=1S/C9H8N2O3S/c12-8-5-4-7(3-1-2-6-15)10-9(8)11(13)14/h4-5,12,15H,2,6H2. The molecular formula is C9H8N2O3S. The summed E-state index contributed by atoms with van der Waals surface area (Å²) >= 11 is 3.97. The second-order valence-corrected chi connectivity index (χ2v) is 3.02. The van der Waals surface area contributed by atoms with Crippen molar-refractivity contribution in [3.63, 3.8) is 0 Å². The topological polar surface area (TPSA) is 76.3 Å². The van der Waals surface area contributed by atoms with Gasteiger partial charge < -0.3 is 15.2 Å². The molecule has 78 valence electrons. The Morgan fingerprint density at radius 3 is 2.93 bits per heavy atom. The van der Waals surface area contributed by atoms with Crippen LogP contribution in [-0.2, 0) is 0 Å². The van der Waals surface area contributed by atoms with Gasteiger partial charge in [-0.1, -0.05) is 5.92 Å². The molecular weight excluding hydrogens is 216 g/mol. The van der Waals surface area contributed by atoms with E-state index in [2.05, 4.69) is 29.5 Å². The maximum Gasteiger partial charge on any atom is 0.407 e. The highest BCUT2D eigenvalue weighted by molar-refractivity contribution is 7.80. The molecule has 0 saturated carbocycles. The number of aromatic hydroxyl groups is 1. The monoisotopic (exact) mass is 224 g/mol. The van der Waals surface area contributed by atoms with Gasteiger partial charge in [0.05, 0.1) is 0 Å². The van der Waals surface area contributed by atoms with Gasteiger partial charge in [0.15, 0.2) is 0 Å². The summed E-state index contributed by atoms with van der Waals surface area (Å²) in [4.78, 5) is 13.3. The molecule has 0 radical (unpaired) electrons. The zero-order valence-corrected chi connectivity index (χ0v) is 8.57. The van der Waals surface area contributed by atoms with Crippen molar-refractivity contribution < 1.29 is 10.0 Å². The van der Waals surface area contributed by atoms with Crippen molar-refractivity contribution in [1.82, 2.24) is 4.98 Å². The lowest BCUT2D eigenvalue weighted by Gasteiger charge is -1.94. The van der Waals surface area contributed by atoms with E-state index in [1.807, 2.05) is 0 Å². The fourth-order valence-electron chi connectivity index (χ4n) is 0.854. The van der Waals surface area contributed by atoms with Crippen LogP contribution in [0.1, 0.15) is 12.1 Å². The lowest BCUT2D eigenvalue weighted by Crippen LogP contribution is -1.94. The molecule has 1 N–H and O–H groups in total. The Morgan fingerprint density at radius 1 is 1.60 bits per heavy atom. The van der Waals surface area contributed by atoms with Crippen molar-refractivity contribution in [1.29, 1.82) is 0 Å². The Bertz CT molecular complexity index is 437. The number of nitro groups is 1. The summed E-state index contributed by atoms with van der Waals surface area (Å²) < 4.78 is 0. The summed E-state index contributed by atoms with van der Waals surface area (Å²) in [6.45, 7) is 0. The largest absolute Gasteiger partial charge is 0.501 e. The molecule has 1 rings (SSSR count). The summed E-state index contributed by atoms with van der Waals surface area (Å²) in [7, 11) is 0. The molecule has 1 aromatic rings. The molecule has 15 heavy (non-hydrogen) atoms. The number of hydrogen-bond acceptors (Lipinski definition) is 5. The molecule has 0 amide bonds. The fourth-order valence-corrected chi connectivity index (χ4v) is 0.966. The highest BCUT2D eigenvalue weighted by atomic mass is 32.1. The van der Waals surface area contributed by atoms with Crippen molar-refractivity contribution in [2.24, 2.45) is 0 Å². The molecule has 0 spiro atoms. The summed E-state index contributed by atoms with van der Waals surface area (Å²) in [6.07, 6.45) is 0.583. The Hall–Kier alpha value is -1.74. The van der Waals surface area contributed by atoms with Crippen molar-refractivity contribution >= 4 is 18.4 Å². The van der Waals surface area contributed by atoms with Crippen LogP contribution in [-0.4, -0.2) is 20.8 Å². The molecule has 0 aliphatic heterocycles. The molecule has 1 aromatic heterocycles. The molecule has 0 saturated heterocycles. The first-order chi connectivity index (χ1) is 7.15. The summed E-state index contributed by atoms with van der Waals surface area (Å²) in [6, 6.07) is 2.63. The molecule has 1 heterocycles. The van der Waals surface area contributed by atoms with Crippen molar-refractivity contribution in [2.75, 3.05) is 5.75 Å². The van der Waals surface area contributed by atoms with Gasteiger partial charge in [-0.25, -0.2) is 0 Å². The molecule has 6 heteroatoms. The first-order valence-corrected chi connectivity index (χ1v) is 4.72. The second kappa shape index (κ2) is 5.22. The van der Waals surface area contributed by atoms with Crippen LogP contribution in [0.25, 0.3) is 0 Å². The van der Waals surface area contributed by atoms with E-state index in [0.29, 0.717) is 12.2 Å². The lowest BCUT2D eigenvalue weighted by atomic mass is 10.3. The maximum absolute atomic E-state index is 10.4. The van der Waals surface area contributed by atoms with E-state index in [-0.39, 0.29) is 5.69 Å². The van der Waals surface area contributed by atoms with Gasteiger partial charge in [-0.2, -0.15) is 12.6 Å². The van der Waals surface area contributed by atoms with E-state index in [1.54, 1.807) is 0 Å². The van der Waals surface area contributed by atoms with Gasteiger partial charge in [0, 0.05) is 18.2 Å². The van der Waals surface area contributed by atoms with Crippen LogP contribution in [0.15, 0.2) is 12.1 Å². The third-order valence-corrected chi connectivity index (χ3v) is 1.70. The zero-order chi connectivity index (χ0) is 11.3. The molecule has 0 fully saturated rings. The predicted octanol–water partition coefficient (Wildman–Crippen LogP) is 1.37. The lowest BCUT2D eigenvalue weighted by molar-refractivity contribution is -0.390. The minimum atomic E-state index is -0.751. The fraction of sp³-hybridized carbons (Fsp3) is 0.222. The third-order valence-electron chi connectivity index (χ3n) is 1.48. The minimum absolute atomic E-state index is 0.265. The Labute approximate surface area is 91.7 Å². The number of pyridine rings is 1. The van der Waals surface area contributed by atoms with Gasteiger partial charge >= 0.3 is 5.82 Å². The van der Waals surface area contributed by atoms with Crippen molar-refractivity contribution in [3.05, 3.63) is 27.9 Å². The predicted molar refractivity (Wildman–Crippen MR) is 57.9 cm³/mol. The third kappa shape index (κ3) is 3.14. The second-order valence-electron chi connectivity index (χ2n) is 2.57. The summed E-state index contributed by atoms with van der Waals surface area (Å²) in [5.74, 6) is 4.97. The Morgan fingerprint density at radius 2 is 2.33 bits per heavy atom. The average Bonchev–Trinajstić information content (AvgIpc) is 2.20. The van der Waals surface area contributed by atoms with E-state index in [1.165, 1.54) is 12.1 Å². The Kier molecular flexibility index (Phi) is 3.94. The number of rotatable bonds is 2. The first-order valence-electron chi connectivity index (χ1n) is 4.09. The molecule has 0 aliphatic carbocycles. The number of hydrogen-bond donors (Lipinski definition) is 2. The van der Waals surface area contributed by atoms with Crippen LogP contribution in [0.2, 0.25) is 0 Å². The van der Waals surface area contributed by atoms with E-state index in [4.69, 9.17) is 5.11 Å². The minimum Gasteiger partial charge on any atom is -0.501 e. The highest BCUT2D eigenvalue weighted by Crippen LogP contribution is 2.21. The van der Waals surface area contributed by atoms with E-state index < -0.39 is 16.5 Å². The summed E-state index contributed by atoms with van der Waals surface area (Å²) in [5.41, 5.74) is 0.265. The number of aromatic nitrogens is 1. The number of nitrogens with zero attached hydrogens (tertiary/aromatic N) is 2. The normalized spacial score (nSPS) is 9.13. The van der Waals surface area contributed by atoms with Crippen LogP contribution in [0.3, 0.4) is 0 Å². The van der Waals surface area contributed by atoms with Gasteiger partial charge in [0.2, 0.25) is 11.4 Å². The molecule has 0 unspecified atom stereocenters. The average molecular weight is 224 g/mol. The first kappa shape index (κ1) is 11.3. The van der Waals surface area contributed by atoms with Crippen molar-refractivity contribution in [2.45, 2.75) is 6.42 Å². The van der Waals surface area contributed by atoms with Crippen LogP contribution in [0.5, 0.6) is 5.75 Å².